The van der Waals surface area contributed by atoms with Gasteiger partial charge in [-0.25, -0.2) is 0 Å². The van der Waals surface area contributed by atoms with Crippen molar-refractivity contribution in [1.29, 1.82) is 0 Å². The van der Waals surface area contributed by atoms with Crippen LogP contribution in [0.1, 0.15) is 45.5 Å². The van der Waals surface area contributed by atoms with Crippen molar-refractivity contribution in [2.75, 3.05) is 20.2 Å². The second kappa shape index (κ2) is 6.97. The Hall–Kier alpha value is -3.15. The second-order valence-corrected chi connectivity index (χ2v) is 8.51. The fourth-order valence-corrected chi connectivity index (χ4v) is 5.37. The van der Waals surface area contributed by atoms with Gasteiger partial charge in [-0.2, -0.15) is 0 Å². The van der Waals surface area contributed by atoms with Gasteiger partial charge in [-0.1, -0.05) is 24.3 Å². The number of carbonyl (C=O) groups is 3. The maximum Gasteiger partial charge on any atom is 0.261 e. The van der Waals surface area contributed by atoms with E-state index in [1.165, 1.54) is 4.90 Å². The van der Waals surface area contributed by atoms with E-state index in [0.717, 1.165) is 24.2 Å². The van der Waals surface area contributed by atoms with Gasteiger partial charge in [-0.15, -0.1) is 0 Å². The summed E-state index contributed by atoms with van der Waals surface area (Å²) in [5, 5.41) is 0. The number of fused-ring (bicyclic) bond motifs is 2. The molecule has 2 atom stereocenters. The number of methoxy groups -OCH3 is 1. The molecule has 6 heteroatoms. The van der Waals surface area contributed by atoms with Crippen molar-refractivity contribution in [2.24, 2.45) is 5.92 Å². The number of nitrogens with zero attached hydrogens (tertiary/aromatic N) is 2. The number of rotatable bonds is 5. The lowest BCUT2D eigenvalue weighted by Gasteiger charge is -2.35. The molecule has 0 aliphatic carbocycles. The van der Waals surface area contributed by atoms with E-state index in [0.29, 0.717) is 30.5 Å². The third-order valence-electron chi connectivity index (χ3n) is 6.81. The van der Waals surface area contributed by atoms with Crippen molar-refractivity contribution in [2.45, 2.75) is 31.2 Å². The third-order valence-corrected chi connectivity index (χ3v) is 6.81. The van der Waals surface area contributed by atoms with Crippen LogP contribution in [-0.2, 0) is 11.2 Å². The van der Waals surface area contributed by atoms with Gasteiger partial charge in [0.2, 0.25) is 5.91 Å². The molecule has 6 nitrogen and oxygen atoms in total. The summed E-state index contributed by atoms with van der Waals surface area (Å²) < 4.78 is 5.21. The SMILES string of the molecule is COc1ccc(C[C@@H]2C[C@]3(CN4C(=O)c5ccccc5C4=O)CCCN3C2=O)cc1. The summed E-state index contributed by atoms with van der Waals surface area (Å²) in [5.74, 6) is 0.304. The minimum Gasteiger partial charge on any atom is -0.497 e. The zero-order valence-corrected chi connectivity index (χ0v) is 17.0. The molecular weight excluding hydrogens is 380 g/mol. The molecule has 5 rings (SSSR count). The number of benzene rings is 2. The Morgan fingerprint density at radius 3 is 2.30 bits per heavy atom. The van der Waals surface area contributed by atoms with Gasteiger partial charge in [0, 0.05) is 12.5 Å². The summed E-state index contributed by atoms with van der Waals surface area (Å²) in [7, 11) is 1.63. The van der Waals surface area contributed by atoms with Gasteiger partial charge >= 0.3 is 0 Å². The van der Waals surface area contributed by atoms with Crippen LogP contribution in [0.25, 0.3) is 0 Å². The largest absolute Gasteiger partial charge is 0.497 e. The van der Waals surface area contributed by atoms with Gasteiger partial charge in [0.15, 0.2) is 0 Å². The fourth-order valence-electron chi connectivity index (χ4n) is 5.37. The summed E-state index contributed by atoms with van der Waals surface area (Å²) in [5.41, 5.74) is 1.57. The monoisotopic (exact) mass is 404 g/mol. The van der Waals surface area contributed by atoms with Gasteiger partial charge in [0.25, 0.3) is 11.8 Å². The number of hydrogen-bond acceptors (Lipinski definition) is 4. The summed E-state index contributed by atoms with van der Waals surface area (Å²) in [6.45, 7) is 0.977. The smallest absolute Gasteiger partial charge is 0.261 e. The number of ether oxygens (including phenoxy) is 1. The summed E-state index contributed by atoms with van der Waals surface area (Å²) in [6, 6.07) is 14.8. The van der Waals surface area contributed by atoms with Crippen molar-refractivity contribution in [3.63, 3.8) is 0 Å². The Labute approximate surface area is 175 Å². The van der Waals surface area contributed by atoms with E-state index in [2.05, 4.69) is 0 Å². The number of hydrogen-bond donors (Lipinski definition) is 0. The van der Waals surface area contributed by atoms with E-state index in [-0.39, 0.29) is 30.2 Å². The first kappa shape index (κ1) is 18.9. The molecule has 2 fully saturated rings. The van der Waals surface area contributed by atoms with Gasteiger partial charge in [-0.3, -0.25) is 19.3 Å². The van der Waals surface area contributed by atoms with Crippen LogP contribution in [0.5, 0.6) is 5.75 Å². The minimum absolute atomic E-state index is 0.131. The number of imide groups is 1. The molecule has 30 heavy (non-hydrogen) atoms. The molecule has 3 aliphatic heterocycles. The first-order valence-electron chi connectivity index (χ1n) is 10.4. The Balaban J connectivity index is 1.37. The molecule has 0 aromatic heterocycles. The van der Waals surface area contributed by atoms with Gasteiger partial charge in [0.1, 0.15) is 5.75 Å². The van der Waals surface area contributed by atoms with E-state index in [9.17, 15) is 14.4 Å². The van der Waals surface area contributed by atoms with Crippen molar-refractivity contribution in [3.8, 4) is 5.75 Å². The van der Waals surface area contributed by atoms with Crippen molar-refractivity contribution in [1.82, 2.24) is 9.80 Å². The van der Waals surface area contributed by atoms with Crippen LogP contribution in [0, 0.1) is 5.92 Å². The van der Waals surface area contributed by atoms with Crippen LogP contribution < -0.4 is 4.74 Å². The Bertz CT molecular complexity index is 997. The predicted octanol–water partition coefficient (Wildman–Crippen LogP) is 2.92. The highest BCUT2D eigenvalue weighted by molar-refractivity contribution is 6.21. The fraction of sp³-hybridized carbons (Fsp3) is 0.375. The molecule has 2 aromatic rings. The lowest BCUT2D eigenvalue weighted by Crippen LogP contribution is -2.51. The van der Waals surface area contributed by atoms with Crippen LogP contribution >= 0.6 is 0 Å². The van der Waals surface area contributed by atoms with Crippen LogP contribution in [0.2, 0.25) is 0 Å². The number of amides is 3. The molecule has 0 N–H and O–H groups in total. The highest BCUT2D eigenvalue weighted by Gasteiger charge is 2.55. The van der Waals surface area contributed by atoms with Gasteiger partial charge < -0.3 is 9.64 Å². The molecule has 0 spiro atoms. The molecule has 3 amide bonds. The molecule has 3 aliphatic rings. The van der Waals surface area contributed by atoms with E-state index in [1.807, 2.05) is 29.2 Å². The lowest BCUT2D eigenvalue weighted by molar-refractivity contribution is -0.132. The number of carbonyl (C=O) groups excluding carboxylic acids is 3. The van der Waals surface area contributed by atoms with E-state index >= 15 is 0 Å². The molecule has 0 unspecified atom stereocenters. The summed E-state index contributed by atoms with van der Waals surface area (Å²) in [4.78, 5) is 42.2. The van der Waals surface area contributed by atoms with Gasteiger partial charge in [-0.05, 0) is 55.5 Å². The topological polar surface area (TPSA) is 66.9 Å². The molecule has 2 saturated heterocycles. The van der Waals surface area contributed by atoms with Crippen molar-refractivity contribution in [3.05, 3.63) is 65.2 Å². The van der Waals surface area contributed by atoms with Crippen molar-refractivity contribution < 1.29 is 19.1 Å². The third kappa shape index (κ3) is 2.82. The van der Waals surface area contributed by atoms with Crippen molar-refractivity contribution >= 4 is 17.7 Å². The zero-order chi connectivity index (χ0) is 20.9. The summed E-state index contributed by atoms with van der Waals surface area (Å²) >= 11 is 0. The van der Waals surface area contributed by atoms with Gasteiger partial charge in [0.05, 0.1) is 30.3 Å². The second-order valence-electron chi connectivity index (χ2n) is 8.51. The normalized spacial score (nSPS) is 25.1. The predicted molar refractivity (Wildman–Crippen MR) is 110 cm³/mol. The van der Waals surface area contributed by atoms with E-state index < -0.39 is 5.54 Å². The van der Waals surface area contributed by atoms with E-state index in [1.54, 1.807) is 31.4 Å². The average Bonchev–Trinajstić information content (AvgIpc) is 3.36. The summed E-state index contributed by atoms with van der Waals surface area (Å²) in [6.07, 6.45) is 3.06. The molecule has 154 valence electrons. The highest BCUT2D eigenvalue weighted by atomic mass is 16.5. The van der Waals surface area contributed by atoms with E-state index in [4.69, 9.17) is 4.74 Å². The molecule has 0 radical (unpaired) electrons. The van der Waals surface area contributed by atoms with Crippen LogP contribution in [-0.4, -0.2) is 53.3 Å². The highest BCUT2D eigenvalue weighted by Crippen LogP contribution is 2.45. The zero-order valence-electron chi connectivity index (χ0n) is 17.0. The lowest BCUT2D eigenvalue weighted by atomic mass is 9.86. The Morgan fingerprint density at radius 2 is 1.67 bits per heavy atom. The quantitative estimate of drug-likeness (QED) is 0.719. The molecule has 3 heterocycles. The van der Waals surface area contributed by atoms with Crippen LogP contribution in [0.15, 0.2) is 48.5 Å². The molecule has 0 saturated carbocycles. The maximum atomic E-state index is 13.2. The van der Waals surface area contributed by atoms with Crippen LogP contribution in [0.3, 0.4) is 0 Å². The maximum absolute atomic E-state index is 13.2. The molecule has 0 bridgehead atoms. The average molecular weight is 404 g/mol. The standard InChI is InChI=1S/C24H24N2O4/c1-30-18-9-7-16(8-10-18)13-17-14-24(11-4-12-26(24)21(17)27)15-25-22(28)19-5-2-3-6-20(19)23(25)29/h2-3,5-10,17H,4,11-15H2,1H3/t17-,24+/m1/s1. The first-order valence-corrected chi connectivity index (χ1v) is 10.4. The molecule has 2 aromatic carbocycles. The minimum atomic E-state index is -0.443. The Morgan fingerprint density at radius 1 is 1.00 bits per heavy atom. The Kier molecular flexibility index (Phi) is 4.38. The molecular formula is C24H24N2O4. The van der Waals surface area contributed by atoms with Crippen LogP contribution in [0.4, 0.5) is 0 Å². The first-order chi connectivity index (χ1) is 14.5.